The smallest absolute Gasteiger partial charge is 0.390 e. The number of hydrogen-bond acceptors (Lipinski definition) is 7. The standard InChI is InChI=1S/C13H13ClN6O3S/c1-9(6-19-8-15-13(18-19)20(22)23)16-17-12(21)7-24-11-4-2-10(14)3-5-11/h2-5,8H,6-7H2,1H3,(H,17,21)/b16-9+. The molecule has 0 spiro atoms. The minimum Gasteiger partial charge on any atom is -0.390 e. The molecule has 0 aliphatic rings. The first-order valence-electron chi connectivity index (χ1n) is 6.68. The molecule has 2 rings (SSSR count). The van der Waals surface area contributed by atoms with Crippen LogP contribution in [-0.4, -0.2) is 37.1 Å². The van der Waals surface area contributed by atoms with Gasteiger partial charge in [-0.25, -0.2) is 5.43 Å². The number of benzene rings is 1. The Bertz CT molecular complexity index is 761. The zero-order chi connectivity index (χ0) is 17.5. The van der Waals surface area contributed by atoms with E-state index in [0.717, 1.165) is 4.90 Å². The van der Waals surface area contributed by atoms with Gasteiger partial charge in [0.25, 0.3) is 0 Å². The molecule has 0 atom stereocenters. The van der Waals surface area contributed by atoms with Crippen molar-refractivity contribution in [1.29, 1.82) is 0 Å². The summed E-state index contributed by atoms with van der Waals surface area (Å²) in [5, 5.41) is 18.7. The summed E-state index contributed by atoms with van der Waals surface area (Å²) in [5.41, 5.74) is 2.95. The summed E-state index contributed by atoms with van der Waals surface area (Å²) in [6.07, 6.45) is 1.23. The van der Waals surface area contributed by atoms with Crippen LogP contribution in [0.3, 0.4) is 0 Å². The predicted octanol–water partition coefficient (Wildman–Crippen LogP) is 2.12. The molecule has 126 valence electrons. The Morgan fingerprint density at radius 1 is 1.46 bits per heavy atom. The molecule has 0 bridgehead atoms. The van der Waals surface area contributed by atoms with Crippen LogP contribution >= 0.6 is 23.4 Å². The van der Waals surface area contributed by atoms with Gasteiger partial charge in [-0.2, -0.15) is 9.78 Å². The van der Waals surface area contributed by atoms with Gasteiger partial charge in [0.1, 0.15) is 0 Å². The number of carbonyl (C=O) groups is 1. The number of thioether (sulfide) groups is 1. The maximum Gasteiger partial charge on any atom is 0.490 e. The molecule has 1 heterocycles. The molecule has 1 amide bonds. The van der Waals surface area contributed by atoms with Crippen LogP contribution in [0.5, 0.6) is 0 Å². The third kappa shape index (κ3) is 5.63. The number of carbonyl (C=O) groups excluding carboxylic acids is 1. The van der Waals surface area contributed by atoms with Crippen molar-refractivity contribution < 1.29 is 9.72 Å². The highest BCUT2D eigenvalue weighted by molar-refractivity contribution is 8.00. The Morgan fingerprint density at radius 2 is 2.17 bits per heavy atom. The molecule has 0 unspecified atom stereocenters. The number of nitrogens with zero attached hydrogens (tertiary/aromatic N) is 5. The highest BCUT2D eigenvalue weighted by Crippen LogP contribution is 2.19. The van der Waals surface area contributed by atoms with Gasteiger partial charge in [0.15, 0.2) is 0 Å². The first kappa shape index (κ1) is 17.9. The molecule has 1 aromatic heterocycles. The van der Waals surface area contributed by atoms with E-state index >= 15 is 0 Å². The van der Waals surface area contributed by atoms with Crippen molar-refractivity contribution in [3.05, 3.63) is 45.7 Å². The van der Waals surface area contributed by atoms with Gasteiger partial charge in [0, 0.05) is 15.0 Å². The summed E-state index contributed by atoms with van der Waals surface area (Å²) in [4.78, 5) is 26.0. The number of hydrazone groups is 1. The highest BCUT2D eigenvalue weighted by atomic mass is 35.5. The SMILES string of the molecule is C/C(Cn1cnc([N+](=O)[O-])n1)=N\NC(=O)CSc1ccc(Cl)cc1. The Kier molecular flexibility index (Phi) is 6.27. The van der Waals surface area contributed by atoms with Crippen LogP contribution in [-0.2, 0) is 11.3 Å². The Hall–Kier alpha value is -2.46. The van der Waals surface area contributed by atoms with Crippen molar-refractivity contribution in [3.8, 4) is 0 Å². The summed E-state index contributed by atoms with van der Waals surface area (Å²) < 4.78 is 1.27. The molecule has 0 saturated carbocycles. The van der Waals surface area contributed by atoms with Crippen molar-refractivity contribution >= 4 is 40.9 Å². The van der Waals surface area contributed by atoms with E-state index in [1.807, 2.05) is 12.1 Å². The number of amides is 1. The van der Waals surface area contributed by atoms with E-state index in [1.165, 1.54) is 22.8 Å². The monoisotopic (exact) mass is 368 g/mol. The molecule has 0 aliphatic heterocycles. The molecular weight excluding hydrogens is 356 g/mol. The Morgan fingerprint density at radius 3 is 2.79 bits per heavy atom. The molecule has 11 heteroatoms. The lowest BCUT2D eigenvalue weighted by molar-refractivity contribution is -0.394. The number of aromatic nitrogens is 3. The van der Waals surface area contributed by atoms with E-state index in [1.54, 1.807) is 19.1 Å². The third-order valence-corrected chi connectivity index (χ3v) is 3.90. The minimum absolute atomic E-state index is 0.186. The zero-order valence-electron chi connectivity index (χ0n) is 12.5. The second-order valence-corrected chi connectivity index (χ2v) is 6.11. The van der Waals surface area contributed by atoms with Gasteiger partial charge in [0.2, 0.25) is 12.2 Å². The fourth-order valence-electron chi connectivity index (χ4n) is 1.58. The molecule has 0 aliphatic carbocycles. The van der Waals surface area contributed by atoms with Crippen LogP contribution in [0, 0.1) is 10.1 Å². The van der Waals surface area contributed by atoms with Gasteiger partial charge in [0.05, 0.1) is 18.0 Å². The van der Waals surface area contributed by atoms with Crippen molar-refractivity contribution in [2.24, 2.45) is 5.10 Å². The van der Waals surface area contributed by atoms with Gasteiger partial charge >= 0.3 is 5.95 Å². The van der Waals surface area contributed by atoms with Crippen molar-refractivity contribution in [1.82, 2.24) is 20.2 Å². The van der Waals surface area contributed by atoms with E-state index in [2.05, 4.69) is 20.6 Å². The molecule has 1 N–H and O–H groups in total. The number of hydrogen-bond donors (Lipinski definition) is 1. The lowest BCUT2D eigenvalue weighted by Gasteiger charge is -2.02. The Balaban J connectivity index is 1.79. The number of halogens is 1. The summed E-state index contributed by atoms with van der Waals surface area (Å²) in [6, 6.07) is 7.15. The average Bonchev–Trinajstić information content (AvgIpc) is 3.01. The van der Waals surface area contributed by atoms with Crippen LogP contribution < -0.4 is 5.43 Å². The molecule has 0 radical (unpaired) electrons. The quantitative estimate of drug-likeness (QED) is 0.346. The summed E-state index contributed by atoms with van der Waals surface area (Å²) in [6.45, 7) is 1.85. The van der Waals surface area contributed by atoms with Crippen LogP contribution in [0.15, 0.2) is 40.6 Å². The average molecular weight is 369 g/mol. The Labute approximate surface area is 146 Å². The molecule has 9 nitrogen and oxygen atoms in total. The third-order valence-electron chi connectivity index (χ3n) is 2.63. The van der Waals surface area contributed by atoms with Gasteiger partial charge in [-0.15, -0.1) is 11.8 Å². The van der Waals surface area contributed by atoms with Crippen LogP contribution in [0.4, 0.5) is 5.95 Å². The van der Waals surface area contributed by atoms with E-state index in [0.29, 0.717) is 10.7 Å². The summed E-state index contributed by atoms with van der Waals surface area (Å²) in [7, 11) is 0. The van der Waals surface area contributed by atoms with Crippen LogP contribution in [0.2, 0.25) is 5.02 Å². The molecule has 1 aromatic carbocycles. The largest absolute Gasteiger partial charge is 0.490 e. The van der Waals surface area contributed by atoms with Crippen LogP contribution in [0.25, 0.3) is 0 Å². The minimum atomic E-state index is -0.682. The lowest BCUT2D eigenvalue weighted by Crippen LogP contribution is -2.22. The zero-order valence-corrected chi connectivity index (χ0v) is 14.1. The molecule has 24 heavy (non-hydrogen) atoms. The number of nitro groups is 1. The normalized spacial score (nSPS) is 11.3. The molecule has 2 aromatic rings. The van der Waals surface area contributed by atoms with Crippen LogP contribution in [0.1, 0.15) is 6.92 Å². The second kappa shape index (κ2) is 8.41. The second-order valence-electron chi connectivity index (χ2n) is 4.62. The first-order chi connectivity index (χ1) is 11.4. The van der Waals surface area contributed by atoms with Gasteiger partial charge in [-0.1, -0.05) is 16.6 Å². The van der Waals surface area contributed by atoms with Crippen molar-refractivity contribution in [2.75, 3.05) is 5.75 Å². The van der Waals surface area contributed by atoms with E-state index < -0.39 is 10.9 Å². The van der Waals surface area contributed by atoms with Gasteiger partial charge in [-0.3, -0.25) is 4.79 Å². The predicted molar refractivity (Wildman–Crippen MR) is 90.1 cm³/mol. The molecular formula is C13H13ClN6O3S. The van der Waals surface area contributed by atoms with Crippen molar-refractivity contribution in [2.45, 2.75) is 18.4 Å². The van der Waals surface area contributed by atoms with E-state index in [9.17, 15) is 14.9 Å². The summed E-state index contributed by atoms with van der Waals surface area (Å²) in [5.74, 6) is -0.544. The summed E-state index contributed by atoms with van der Waals surface area (Å²) >= 11 is 7.15. The highest BCUT2D eigenvalue weighted by Gasteiger charge is 2.13. The lowest BCUT2D eigenvalue weighted by atomic mass is 10.4. The van der Waals surface area contributed by atoms with E-state index in [4.69, 9.17) is 11.6 Å². The fourth-order valence-corrected chi connectivity index (χ4v) is 2.40. The maximum atomic E-state index is 11.7. The first-order valence-corrected chi connectivity index (χ1v) is 8.04. The maximum absolute atomic E-state index is 11.7. The molecule has 0 saturated heterocycles. The number of nitrogens with one attached hydrogen (secondary N) is 1. The van der Waals surface area contributed by atoms with Gasteiger partial charge < -0.3 is 10.1 Å². The van der Waals surface area contributed by atoms with E-state index in [-0.39, 0.29) is 18.2 Å². The van der Waals surface area contributed by atoms with Gasteiger partial charge in [-0.05, 0) is 36.1 Å². The molecule has 0 fully saturated rings. The fraction of sp³-hybridized carbons (Fsp3) is 0.231. The number of rotatable bonds is 7. The van der Waals surface area contributed by atoms with Crippen molar-refractivity contribution in [3.63, 3.8) is 0 Å². The topological polar surface area (TPSA) is 115 Å².